The summed E-state index contributed by atoms with van der Waals surface area (Å²) < 4.78 is 21.4. The monoisotopic (exact) mass is 297 g/mol. The van der Waals surface area contributed by atoms with Crippen LogP contribution in [-0.4, -0.2) is 47.7 Å². The maximum Gasteiger partial charge on any atom is 0.123 e. The highest BCUT2D eigenvalue weighted by molar-refractivity contribution is 5.42. The van der Waals surface area contributed by atoms with Gasteiger partial charge in [0, 0.05) is 12.7 Å². The first-order chi connectivity index (χ1) is 10.3. The second kappa shape index (κ2) is 10.4. The minimum atomic E-state index is 0.0619. The molecule has 5 heteroatoms. The topological polar surface area (TPSA) is 49.0 Å². The van der Waals surface area contributed by atoms with E-state index in [4.69, 9.17) is 18.9 Å². The van der Waals surface area contributed by atoms with Crippen molar-refractivity contribution >= 4 is 0 Å². The van der Waals surface area contributed by atoms with E-state index in [9.17, 15) is 0 Å². The molecule has 1 aromatic carbocycles. The van der Waals surface area contributed by atoms with Gasteiger partial charge in [0.05, 0.1) is 40.1 Å². The normalized spacial score (nSPS) is 12.2. The van der Waals surface area contributed by atoms with Gasteiger partial charge in [-0.05, 0) is 31.2 Å². The maximum absolute atomic E-state index is 5.68. The molecule has 0 heterocycles. The van der Waals surface area contributed by atoms with Crippen LogP contribution in [0.1, 0.15) is 24.9 Å². The molecule has 5 nitrogen and oxygen atoms in total. The van der Waals surface area contributed by atoms with Crippen molar-refractivity contribution in [2.24, 2.45) is 0 Å². The van der Waals surface area contributed by atoms with E-state index in [1.165, 1.54) is 0 Å². The second-order valence-electron chi connectivity index (χ2n) is 4.68. The molecular formula is C16H27NO4. The van der Waals surface area contributed by atoms with Gasteiger partial charge in [0.1, 0.15) is 11.5 Å². The minimum absolute atomic E-state index is 0.0619. The Kier molecular flexibility index (Phi) is 8.82. The Morgan fingerprint density at radius 3 is 2.52 bits per heavy atom. The first kappa shape index (κ1) is 17.8. The van der Waals surface area contributed by atoms with Crippen molar-refractivity contribution < 1.29 is 18.9 Å². The summed E-state index contributed by atoms with van der Waals surface area (Å²) in [7, 11) is 5.00. The van der Waals surface area contributed by atoms with E-state index in [0.717, 1.165) is 30.0 Å². The van der Waals surface area contributed by atoms with Crippen molar-refractivity contribution in [1.29, 1.82) is 0 Å². The smallest absolute Gasteiger partial charge is 0.123 e. The molecule has 0 fully saturated rings. The molecule has 0 aliphatic heterocycles. The molecule has 0 aliphatic rings. The van der Waals surface area contributed by atoms with E-state index >= 15 is 0 Å². The second-order valence-corrected chi connectivity index (χ2v) is 4.68. The number of hydrogen-bond acceptors (Lipinski definition) is 5. The van der Waals surface area contributed by atoms with E-state index in [1.54, 1.807) is 21.3 Å². The average Bonchev–Trinajstić information content (AvgIpc) is 2.53. The van der Waals surface area contributed by atoms with Gasteiger partial charge in [-0.15, -0.1) is 0 Å². The van der Waals surface area contributed by atoms with Crippen LogP contribution < -0.4 is 14.8 Å². The fourth-order valence-electron chi connectivity index (χ4n) is 2.03. The third-order valence-electron chi connectivity index (χ3n) is 3.17. The summed E-state index contributed by atoms with van der Waals surface area (Å²) >= 11 is 0. The lowest BCUT2D eigenvalue weighted by Gasteiger charge is -2.22. The molecule has 120 valence electrons. The molecular weight excluding hydrogens is 270 g/mol. The van der Waals surface area contributed by atoms with E-state index in [0.29, 0.717) is 19.8 Å². The largest absolute Gasteiger partial charge is 0.497 e. The van der Waals surface area contributed by atoms with E-state index in [2.05, 4.69) is 12.2 Å². The first-order valence-corrected chi connectivity index (χ1v) is 7.28. The lowest BCUT2D eigenvalue weighted by molar-refractivity contribution is 0.0582. The van der Waals surface area contributed by atoms with E-state index < -0.39 is 0 Å². The molecule has 21 heavy (non-hydrogen) atoms. The third kappa shape index (κ3) is 5.91. The molecule has 0 spiro atoms. The number of hydrogen-bond donors (Lipinski definition) is 1. The van der Waals surface area contributed by atoms with Gasteiger partial charge in [-0.25, -0.2) is 0 Å². The molecule has 0 saturated heterocycles. The minimum Gasteiger partial charge on any atom is -0.497 e. The predicted octanol–water partition coefficient (Wildman–Crippen LogP) is 2.41. The van der Waals surface area contributed by atoms with Crippen molar-refractivity contribution in [3.63, 3.8) is 0 Å². The quantitative estimate of drug-likeness (QED) is 0.636. The molecule has 0 amide bonds. The average molecular weight is 297 g/mol. The molecule has 1 atom stereocenters. The fourth-order valence-corrected chi connectivity index (χ4v) is 2.03. The van der Waals surface area contributed by atoms with Crippen molar-refractivity contribution in [3.8, 4) is 11.5 Å². The summed E-state index contributed by atoms with van der Waals surface area (Å²) in [4.78, 5) is 0. The molecule has 1 N–H and O–H groups in total. The van der Waals surface area contributed by atoms with Gasteiger partial charge < -0.3 is 24.3 Å². The van der Waals surface area contributed by atoms with E-state index in [1.807, 2.05) is 18.2 Å². The fraction of sp³-hybridized carbons (Fsp3) is 0.625. The van der Waals surface area contributed by atoms with Crippen LogP contribution >= 0.6 is 0 Å². The molecule has 1 aromatic rings. The molecule has 0 aliphatic carbocycles. The van der Waals surface area contributed by atoms with Crippen LogP contribution in [-0.2, 0) is 9.47 Å². The number of benzene rings is 1. The lowest BCUT2D eigenvalue weighted by atomic mass is 10.1. The Bertz CT molecular complexity index is 398. The Balaban J connectivity index is 2.83. The molecule has 0 saturated carbocycles. The van der Waals surface area contributed by atoms with Gasteiger partial charge in [-0.3, -0.25) is 0 Å². The van der Waals surface area contributed by atoms with E-state index in [-0.39, 0.29) is 6.04 Å². The third-order valence-corrected chi connectivity index (χ3v) is 3.17. The molecule has 1 unspecified atom stereocenters. The van der Waals surface area contributed by atoms with Gasteiger partial charge in [0.25, 0.3) is 0 Å². The number of methoxy groups -OCH3 is 3. The van der Waals surface area contributed by atoms with Crippen LogP contribution in [0.3, 0.4) is 0 Å². The zero-order valence-electron chi connectivity index (χ0n) is 13.5. The Morgan fingerprint density at radius 1 is 1.10 bits per heavy atom. The highest BCUT2D eigenvalue weighted by Crippen LogP contribution is 2.29. The Hall–Kier alpha value is -1.30. The highest BCUT2D eigenvalue weighted by Gasteiger charge is 2.17. The van der Waals surface area contributed by atoms with Crippen LogP contribution in [0.25, 0.3) is 0 Å². The van der Waals surface area contributed by atoms with Gasteiger partial charge in [-0.2, -0.15) is 0 Å². The lowest BCUT2D eigenvalue weighted by Crippen LogP contribution is -2.27. The SMILES string of the molecule is CCCNC(COCCOC)c1cc(OC)ccc1OC. The highest BCUT2D eigenvalue weighted by atomic mass is 16.5. The first-order valence-electron chi connectivity index (χ1n) is 7.28. The molecule has 1 rings (SSSR count). The van der Waals surface area contributed by atoms with Crippen LogP contribution in [0.15, 0.2) is 18.2 Å². The van der Waals surface area contributed by atoms with Crippen LogP contribution in [0.2, 0.25) is 0 Å². The zero-order chi connectivity index (χ0) is 15.5. The summed E-state index contributed by atoms with van der Waals surface area (Å²) in [5.41, 5.74) is 1.04. The van der Waals surface area contributed by atoms with Crippen molar-refractivity contribution in [2.75, 3.05) is 47.7 Å². The van der Waals surface area contributed by atoms with Crippen molar-refractivity contribution in [2.45, 2.75) is 19.4 Å². The number of rotatable bonds is 11. The summed E-state index contributed by atoms with van der Waals surface area (Å²) in [5, 5.41) is 3.49. The predicted molar refractivity (Wildman–Crippen MR) is 83.3 cm³/mol. The Morgan fingerprint density at radius 2 is 1.90 bits per heavy atom. The van der Waals surface area contributed by atoms with Gasteiger partial charge >= 0.3 is 0 Å². The summed E-state index contributed by atoms with van der Waals surface area (Å²) in [6, 6.07) is 5.87. The van der Waals surface area contributed by atoms with Crippen molar-refractivity contribution in [3.05, 3.63) is 23.8 Å². The summed E-state index contributed by atoms with van der Waals surface area (Å²) in [6.07, 6.45) is 1.06. The summed E-state index contributed by atoms with van der Waals surface area (Å²) in [5.74, 6) is 1.64. The molecule has 0 bridgehead atoms. The van der Waals surface area contributed by atoms with Crippen LogP contribution in [0.4, 0.5) is 0 Å². The number of ether oxygens (including phenoxy) is 4. The van der Waals surface area contributed by atoms with Gasteiger partial charge in [-0.1, -0.05) is 6.92 Å². The maximum atomic E-state index is 5.68. The van der Waals surface area contributed by atoms with Crippen LogP contribution in [0.5, 0.6) is 11.5 Å². The molecule has 0 radical (unpaired) electrons. The van der Waals surface area contributed by atoms with Gasteiger partial charge in [0.2, 0.25) is 0 Å². The van der Waals surface area contributed by atoms with Gasteiger partial charge in [0.15, 0.2) is 0 Å². The molecule has 0 aromatic heterocycles. The van der Waals surface area contributed by atoms with Crippen LogP contribution in [0, 0.1) is 0 Å². The number of nitrogens with one attached hydrogen (secondary N) is 1. The summed E-state index contributed by atoms with van der Waals surface area (Å²) in [6.45, 7) is 4.78. The zero-order valence-corrected chi connectivity index (χ0v) is 13.5. The Labute approximate surface area is 127 Å². The van der Waals surface area contributed by atoms with Crippen molar-refractivity contribution in [1.82, 2.24) is 5.32 Å². The standard InChI is InChI=1S/C16H27NO4/c1-5-8-17-15(12-21-10-9-18-2)14-11-13(19-3)6-7-16(14)20-4/h6-7,11,15,17H,5,8-10,12H2,1-4H3.